The van der Waals surface area contributed by atoms with Crippen LogP contribution in [0.1, 0.15) is 23.6 Å². The molecule has 1 aliphatic heterocycles. The summed E-state index contributed by atoms with van der Waals surface area (Å²) in [6.45, 7) is 3.84. The summed E-state index contributed by atoms with van der Waals surface area (Å²) in [5, 5.41) is 0.801. The van der Waals surface area contributed by atoms with E-state index < -0.39 is 0 Å². The zero-order valence-corrected chi connectivity index (χ0v) is 12.0. The summed E-state index contributed by atoms with van der Waals surface area (Å²) >= 11 is 6.24. The van der Waals surface area contributed by atoms with Crippen molar-refractivity contribution in [3.63, 3.8) is 0 Å². The van der Waals surface area contributed by atoms with Gasteiger partial charge in [0.1, 0.15) is 5.75 Å². The topological polar surface area (TPSA) is 38.5 Å². The van der Waals surface area contributed by atoms with Crippen molar-refractivity contribution in [2.24, 2.45) is 11.7 Å². The minimum atomic E-state index is 0.354. The second-order valence-corrected chi connectivity index (χ2v) is 5.49. The molecule has 0 saturated carbocycles. The Balaban J connectivity index is 2.41. The highest BCUT2D eigenvalue weighted by Gasteiger charge is 2.32. The lowest BCUT2D eigenvalue weighted by Crippen LogP contribution is -2.21. The van der Waals surface area contributed by atoms with Crippen LogP contribution in [0.4, 0.5) is 0 Å². The number of halogens is 1. The van der Waals surface area contributed by atoms with Crippen molar-refractivity contribution in [2.75, 3.05) is 27.2 Å². The quantitative estimate of drug-likeness (QED) is 0.916. The SMILES string of the molecule is COc1ccc(Cl)c(C)c1C1CC(CN)CN1C. The highest BCUT2D eigenvalue weighted by molar-refractivity contribution is 6.31. The monoisotopic (exact) mass is 268 g/mol. The van der Waals surface area contributed by atoms with Gasteiger partial charge in [0, 0.05) is 23.2 Å². The fraction of sp³-hybridized carbons (Fsp3) is 0.571. The van der Waals surface area contributed by atoms with Gasteiger partial charge in [-0.25, -0.2) is 0 Å². The third-order valence-corrected chi connectivity index (χ3v) is 4.34. The van der Waals surface area contributed by atoms with Gasteiger partial charge in [-0.15, -0.1) is 0 Å². The third-order valence-electron chi connectivity index (χ3n) is 3.93. The number of hydrogen-bond donors (Lipinski definition) is 1. The van der Waals surface area contributed by atoms with Gasteiger partial charge in [0.25, 0.3) is 0 Å². The zero-order valence-electron chi connectivity index (χ0n) is 11.2. The van der Waals surface area contributed by atoms with E-state index in [9.17, 15) is 0 Å². The molecule has 18 heavy (non-hydrogen) atoms. The first-order valence-electron chi connectivity index (χ1n) is 6.31. The molecule has 1 fully saturated rings. The zero-order chi connectivity index (χ0) is 13.3. The molecule has 1 aromatic carbocycles. The Bertz CT molecular complexity index is 436. The van der Waals surface area contributed by atoms with Gasteiger partial charge < -0.3 is 10.5 Å². The molecule has 0 aromatic heterocycles. The summed E-state index contributed by atoms with van der Waals surface area (Å²) in [4.78, 5) is 2.35. The number of methoxy groups -OCH3 is 1. The van der Waals surface area contributed by atoms with E-state index in [1.54, 1.807) is 7.11 Å². The summed E-state index contributed by atoms with van der Waals surface area (Å²) in [6, 6.07) is 4.20. The normalized spacial score (nSPS) is 24.5. The van der Waals surface area contributed by atoms with E-state index in [4.69, 9.17) is 22.1 Å². The Labute approximate surface area is 114 Å². The largest absolute Gasteiger partial charge is 0.496 e. The Morgan fingerprint density at radius 3 is 2.78 bits per heavy atom. The van der Waals surface area contributed by atoms with Crippen molar-refractivity contribution in [2.45, 2.75) is 19.4 Å². The van der Waals surface area contributed by atoms with Crippen LogP contribution < -0.4 is 10.5 Å². The average molecular weight is 269 g/mol. The van der Waals surface area contributed by atoms with Crippen molar-refractivity contribution in [1.29, 1.82) is 0 Å². The maximum Gasteiger partial charge on any atom is 0.124 e. The van der Waals surface area contributed by atoms with Crippen LogP contribution in [-0.4, -0.2) is 32.1 Å². The van der Waals surface area contributed by atoms with E-state index >= 15 is 0 Å². The molecule has 100 valence electrons. The second-order valence-electron chi connectivity index (χ2n) is 5.08. The van der Waals surface area contributed by atoms with Crippen molar-refractivity contribution in [3.05, 3.63) is 28.3 Å². The molecule has 4 heteroatoms. The van der Waals surface area contributed by atoms with Gasteiger partial charge in [-0.05, 0) is 50.6 Å². The Hall–Kier alpha value is -0.770. The van der Waals surface area contributed by atoms with Gasteiger partial charge in [0.15, 0.2) is 0 Å². The number of benzene rings is 1. The lowest BCUT2D eigenvalue weighted by Gasteiger charge is -2.24. The molecule has 0 bridgehead atoms. The van der Waals surface area contributed by atoms with Crippen LogP contribution in [0.25, 0.3) is 0 Å². The van der Waals surface area contributed by atoms with Crippen LogP contribution in [0.3, 0.4) is 0 Å². The highest BCUT2D eigenvalue weighted by atomic mass is 35.5. The molecular weight excluding hydrogens is 248 g/mol. The number of rotatable bonds is 3. The van der Waals surface area contributed by atoms with Gasteiger partial charge in [0.05, 0.1) is 7.11 Å². The minimum absolute atomic E-state index is 0.354. The van der Waals surface area contributed by atoms with E-state index in [1.165, 1.54) is 5.56 Å². The second kappa shape index (κ2) is 5.47. The molecule has 2 atom stereocenters. The van der Waals surface area contributed by atoms with Gasteiger partial charge in [-0.2, -0.15) is 0 Å². The van der Waals surface area contributed by atoms with Gasteiger partial charge in [0.2, 0.25) is 0 Å². The fourth-order valence-electron chi connectivity index (χ4n) is 2.88. The van der Waals surface area contributed by atoms with Crippen molar-refractivity contribution >= 4 is 11.6 Å². The molecule has 0 spiro atoms. The lowest BCUT2D eigenvalue weighted by molar-refractivity contribution is 0.302. The van der Waals surface area contributed by atoms with Crippen LogP contribution in [0.15, 0.2) is 12.1 Å². The molecule has 0 aliphatic carbocycles. The molecule has 0 radical (unpaired) electrons. The number of nitrogens with two attached hydrogens (primary N) is 1. The maximum atomic E-state index is 6.24. The summed E-state index contributed by atoms with van der Waals surface area (Å²) < 4.78 is 5.49. The van der Waals surface area contributed by atoms with E-state index in [1.807, 2.05) is 12.1 Å². The van der Waals surface area contributed by atoms with Crippen LogP contribution >= 0.6 is 11.6 Å². The van der Waals surface area contributed by atoms with Crippen LogP contribution in [0.2, 0.25) is 5.02 Å². The first kappa shape index (κ1) is 13.7. The van der Waals surface area contributed by atoms with Crippen molar-refractivity contribution in [3.8, 4) is 5.75 Å². The smallest absolute Gasteiger partial charge is 0.124 e. The van der Waals surface area contributed by atoms with E-state index in [-0.39, 0.29) is 0 Å². The molecule has 2 rings (SSSR count). The van der Waals surface area contributed by atoms with Gasteiger partial charge in [-0.3, -0.25) is 4.90 Å². The maximum absolute atomic E-state index is 6.24. The van der Waals surface area contributed by atoms with E-state index in [2.05, 4.69) is 18.9 Å². The van der Waals surface area contributed by atoms with E-state index in [0.29, 0.717) is 12.0 Å². The first-order chi connectivity index (χ1) is 8.58. The summed E-state index contributed by atoms with van der Waals surface area (Å²) in [5.41, 5.74) is 8.12. The molecule has 3 nitrogen and oxygen atoms in total. The van der Waals surface area contributed by atoms with Gasteiger partial charge >= 0.3 is 0 Å². The van der Waals surface area contributed by atoms with Crippen LogP contribution in [0.5, 0.6) is 5.75 Å². The average Bonchev–Trinajstić information content (AvgIpc) is 2.73. The lowest BCUT2D eigenvalue weighted by atomic mass is 9.95. The van der Waals surface area contributed by atoms with Crippen LogP contribution in [0, 0.1) is 12.8 Å². The third kappa shape index (κ3) is 2.35. The Kier molecular flexibility index (Phi) is 4.15. The molecule has 1 aromatic rings. The van der Waals surface area contributed by atoms with E-state index in [0.717, 1.165) is 35.8 Å². The number of hydrogen-bond acceptors (Lipinski definition) is 3. The standard InChI is InChI=1S/C14H21ClN2O/c1-9-11(15)4-5-13(18-3)14(9)12-6-10(7-16)8-17(12)2/h4-5,10,12H,6-8,16H2,1-3H3. The molecule has 1 saturated heterocycles. The molecular formula is C14H21ClN2O. The highest BCUT2D eigenvalue weighted by Crippen LogP contribution is 2.41. The van der Waals surface area contributed by atoms with Crippen molar-refractivity contribution in [1.82, 2.24) is 4.90 Å². The fourth-order valence-corrected chi connectivity index (χ4v) is 3.05. The molecule has 1 aliphatic rings. The number of ether oxygens (including phenoxy) is 1. The number of nitrogens with zero attached hydrogens (tertiary/aromatic N) is 1. The summed E-state index contributed by atoms with van der Waals surface area (Å²) in [6.07, 6.45) is 1.07. The number of likely N-dealkylation sites (tertiary alicyclic amines) is 1. The predicted molar refractivity (Wildman–Crippen MR) is 75.3 cm³/mol. The summed E-state index contributed by atoms with van der Waals surface area (Å²) in [5.74, 6) is 1.48. The minimum Gasteiger partial charge on any atom is -0.496 e. The summed E-state index contributed by atoms with van der Waals surface area (Å²) in [7, 11) is 3.85. The Morgan fingerprint density at radius 1 is 1.50 bits per heavy atom. The molecule has 2 N–H and O–H groups in total. The molecule has 0 amide bonds. The molecule has 2 unspecified atom stereocenters. The van der Waals surface area contributed by atoms with Gasteiger partial charge in [-0.1, -0.05) is 11.6 Å². The van der Waals surface area contributed by atoms with Crippen molar-refractivity contribution < 1.29 is 4.74 Å². The Morgan fingerprint density at radius 2 is 2.22 bits per heavy atom. The van der Waals surface area contributed by atoms with Crippen LogP contribution in [-0.2, 0) is 0 Å². The first-order valence-corrected chi connectivity index (χ1v) is 6.69. The molecule has 1 heterocycles. The predicted octanol–water partition coefficient (Wildman–Crippen LogP) is 2.61.